The first-order valence-corrected chi connectivity index (χ1v) is 8.01. The molecule has 130 valence electrons. The lowest BCUT2D eigenvalue weighted by Gasteiger charge is -2.09. The fourth-order valence-electron chi connectivity index (χ4n) is 1.86. The third-order valence-electron chi connectivity index (χ3n) is 3.21. The molecule has 2 rings (SSSR count). The van der Waals surface area contributed by atoms with Crippen LogP contribution in [0, 0.1) is 22.4 Å². The van der Waals surface area contributed by atoms with Crippen molar-refractivity contribution >= 4 is 23.0 Å². The summed E-state index contributed by atoms with van der Waals surface area (Å²) in [5.74, 6) is -2.79. The second-order valence-corrected chi connectivity index (χ2v) is 6.10. The summed E-state index contributed by atoms with van der Waals surface area (Å²) >= 11 is 1.26. The van der Waals surface area contributed by atoms with E-state index in [0.29, 0.717) is 4.91 Å². The summed E-state index contributed by atoms with van der Waals surface area (Å²) in [6.07, 6.45) is 0. The lowest BCUT2D eigenvalue weighted by Crippen LogP contribution is -2.00. The van der Waals surface area contributed by atoms with Crippen molar-refractivity contribution in [3.05, 3.63) is 81.2 Å². The average Bonchev–Trinajstić information content (AvgIpc) is 2.60. The normalized spacial score (nSPS) is 11.3. The molecule has 0 bridgehead atoms. The lowest BCUT2D eigenvalue weighted by atomic mass is 10.1. The van der Waals surface area contributed by atoms with Crippen LogP contribution in [0.5, 0.6) is 5.75 Å². The van der Waals surface area contributed by atoms with Crippen LogP contribution in [0.4, 0.5) is 18.9 Å². The molecule has 2 aromatic carbocycles. The predicted molar refractivity (Wildman–Crippen MR) is 94.1 cm³/mol. The molecule has 0 aromatic heterocycles. The Morgan fingerprint density at radius 1 is 1.20 bits per heavy atom. The molecule has 0 N–H and O–H groups in total. The van der Waals surface area contributed by atoms with E-state index < -0.39 is 17.3 Å². The third kappa shape index (κ3) is 4.96. The van der Waals surface area contributed by atoms with Crippen LogP contribution in [0.25, 0.3) is 5.57 Å². The van der Waals surface area contributed by atoms with Crippen LogP contribution in [-0.2, 0) is 0 Å². The molecule has 0 atom stereocenters. The highest BCUT2D eigenvalue weighted by Gasteiger charge is 2.15. The molecule has 3 nitrogen and oxygen atoms in total. The first kappa shape index (κ1) is 18.8. The summed E-state index contributed by atoms with van der Waals surface area (Å²) in [6.45, 7) is 5.61. The summed E-state index contributed by atoms with van der Waals surface area (Å²) in [5, 5.41) is 4.12. The number of rotatable bonds is 7. The van der Waals surface area contributed by atoms with Crippen molar-refractivity contribution in [2.45, 2.75) is 6.92 Å². The summed E-state index contributed by atoms with van der Waals surface area (Å²) in [7, 11) is 0. The Kier molecular flexibility index (Phi) is 6.41. The van der Waals surface area contributed by atoms with E-state index in [1.807, 2.05) is 6.92 Å². The van der Waals surface area contributed by atoms with Gasteiger partial charge in [-0.1, -0.05) is 30.5 Å². The SMILES string of the molecule is C=C(COc1ccc(F)c(N=O)c1F)S/C=C(\C)c1ccc(F)cc1. The number of nitroso groups, excluding NO2 is 1. The van der Waals surface area contributed by atoms with Gasteiger partial charge in [-0.15, -0.1) is 4.91 Å². The standard InChI is InChI=1S/C18H14F3NO2S/c1-11(13-3-5-14(19)6-4-13)10-25-12(2)9-24-16-8-7-15(20)18(22-23)17(16)21/h3-8,10H,2,9H2,1H3/b11-10+. The minimum atomic E-state index is -1.15. The van der Waals surface area contributed by atoms with Gasteiger partial charge >= 0.3 is 0 Å². The lowest BCUT2D eigenvalue weighted by molar-refractivity contribution is 0.338. The maximum absolute atomic E-state index is 13.8. The number of nitrogens with zero attached hydrogens (tertiary/aromatic N) is 1. The first-order valence-electron chi connectivity index (χ1n) is 7.13. The first-order chi connectivity index (χ1) is 11.9. The number of allylic oxidation sites excluding steroid dienone is 1. The number of hydrogen-bond acceptors (Lipinski definition) is 4. The predicted octanol–water partition coefficient (Wildman–Crippen LogP) is 6.19. The van der Waals surface area contributed by atoms with Crippen LogP contribution in [0.1, 0.15) is 12.5 Å². The van der Waals surface area contributed by atoms with E-state index >= 15 is 0 Å². The highest BCUT2D eigenvalue weighted by Crippen LogP contribution is 2.30. The Morgan fingerprint density at radius 2 is 1.88 bits per heavy atom. The smallest absolute Gasteiger partial charge is 0.197 e. The quantitative estimate of drug-likeness (QED) is 0.549. The summed E-state index contributed by atoms with van der Waals surface area (Å²) in [4.78, 5) is 11.0. The minimum Gasteiger partial charge on any atom is -0.485 e. The Labute approximate surface area is 147 Å². The largest absolute Gasteiger partial charge is 0.485 e. The monoisotopic (exact) mass is 365 g/mol. The Bertz CT molecular complexity index is 820. The molecule has 0 heterocycles. The minimum absolute atomic E-state index is 0.0429. The molecular formula is C18H14F3NO2S. The van der Waals surface area contributed by atoms with Crippen molar-refractivity contribution in [1.82, 2.24) is 0 Å². The van der Waals surface area contributed by atoms with Crippen LogP contribution in [-0.4, -0.2) is 6.61 Å². The van der Waals surface area contributed by atoms with Crippen molar-refractivity contribution in [2.24, 2.45) is 5.18 Å². The molecule has 0 radical (unpaired) electrons. The van der Waals surface area contributed by atoms with Gasteiger partial charge in [-0.25, -0.2) is 13.2 Å². The molecule has 0 amide bonds. The van der Waals surface area contributed by atoms with E-state index in [2.05, 4.69) is 11.8 Å². The Hall–Kier alpha value is -2.54. The second-order valence-electron chi connectivity index (χ2n) is 5.05. The van der Waals surface area contributed by atoms with E-state index in [4.69, 9.17) is 4.74 Å². The van der Waals surface area contributed by atoms with Crippen molar-refractivity contribution in [2.75, 3.05) is 6.61 Å². The van der Waals surface area contributed by atoms with E-state index in [9.17, 15) is 18.1 Å². The number of thioether (sulfide) groups is 1. The molecule has 0 aliphatic rings. The zero-order chi connectivity index (χ0) is 18.4. The maximum Gasteiger partial charge on any atom is 0.197 e. The molecule has 0 unspecified atom stereocenters. The average molecular weight is 365 g/mol. The van der Waals surface area contributed by atoms with Crippen molar-refractivity contribution in [1.29, 1.82) is 0 Å². The van der Waals surface area contributed by atoms with Gasteiger partial charge in [0, 0.05) is 4.91 Å². The molecule has 0 spiro atoms. The van der Waals surface area contributed by atoms with Gasteiger partial charge in [0.2, 0.25) is 0 Å². The molecule has 0 aliphatic heterocycles. The van der Waals surface area contributed by atoms with Crippen LogP contribution < -0.4 is 4.74 Å². The maximum atomic E-state index is 13.8. The van der Waals surface area contributed by atoms with Crippen LogP contribution in [0.15, 0.2) is 58.5 Å². The Balaban J connectivity index is 1.96. The summed E-state index contributed by atoms with van der Waals surface area (Å²) in [5.41, 5.74) is 0.836. The molecule has 0 aliphatic carbocycles. The Morgan fingerprint density at radius 3 is 2.52 bits per heavy atom. The number of ether oxygens (including phenoxy) is 1. The fourth-order valence-corrected chi connectivity index (χ4v) is 2.47. The molecule has 0 saturated heterocycles. The van der Waals surface area contributed by atoms with E-state index in [1.54, 1.807) is 17.5 Å². The zero-order valence-electron chi connectivity index (χ0n) is 13.3. The van der Waals surface area contributed by atoms with Gasteiger partial charge in [0.15, 0.2) is 23.1 Å². The fraction of sp³-hybridized carbons (Fsp3) is 0.111. The van der Waals surface area contributed by atoms with E-state index in [1.165, 1.54) is 23.9 Å². The van der Waals surface area contributed by atoms with E-state index in [0.717, 1.165) is 23.3 Å². The van der Waals surface area contributed by atoms with Gasteiger partial charge in [-0.05, 0) is 52.9 Å². The third-order valence-corrected chi connectivity index (χ3v) is 4.14. The van der Waals surface area contributed by atoms with Gasteiger partial charge in [-0.2, -0.15) is 0 Å². The number of benzene rings is 2. The van der Waals surface area contributed by atoms with Gasteiger partial charge in [-0.3, -0.25) is 0 Å². The van der Waals surface area contributed by atoms with Crippen LogP contribution >= 0.6 is 11.8 Å². The number of halogens is 3. The summed E-state index contributed by atoms with van der Waals surface area (Å²) in [6, 6.07) is 8.03. The summed E-state index contributed by atoms with van der Waals surface area (Å²) < 4.78 is 45.1. The van der Waals surface area contributed by atoms with Crippen molar-refractivity contribution in [3.63, 3.8) is 0 Å². The van der Waals surface area contributed by atoms with Crippen LogP contribution in [0.3, 0.4) is 0 Å². The highest BCUT2D eigenvalue weighted by molar-refractivity contribution is 8.06. The number of hydrogen-bond donors (Lipinski definition) is 0. The molecular weight excluding hydrogens is 351 g/mol. The van der Waals surface area contributed by atoms with Gasteiger partial charge in [0.05, 0.1) is 0 Å². The topological polar surface area (TPSA) is 38.7 Å². The van der Waals surface area contributed by atoms with Gasteiger partial charge in [0.25, 0.3) is 0 Å². The molecule has 2 aromatic rings. The van der Waals surface area contributed by atoms with Crippen molar-refractivity contribution in [3.8, 4) is 5.75 Å². The van der Waals surface area contributed by atoms with Gasteiger partial charge < -0.3 is 4.74 Å². The highest BCUT2D eigenvalue weighted by atomic mass is 32.2. The second kappa shape index (κ2) is 8.53. The van der Waals surface area contributed by atoms with Crippen molar-refractivity contribution < 1.29 is 17.9 Å². The molecule has 0 fully saturated rings. The van der Waals surface area contributed by atoms with Gasteiger partial charge in [0.1, 0.15) is 12.4 Å². The zero-order valence-corrected chi connectivity index (χ0v) is 14.1. The molecule has 7 heteroatoms. The molecule has 0 saturated carbocycles. The molecule has 25 heavy (non-hydrogen) atoms. The van der Waals surface area contributed by atoms with Crippen LogP contribution in [0.2, 0.25) is 0 Å². The van der Waals surface area contributed by atoms with E-state index in [-0.39, 0.29) is 18.2 Å².